The Morgan fingerprint density at radius 2 is 1.86 bits per heavy atom. The van der Waals surface area contributed by atoms with Gasteiger partial charge in [-0.05, 0) is 44.4 Å². The minimum Gasteiger partial charge on any atom is -0.459 e. The molecule has 2 aliphatic heterocycles. The number of nitrogens with zero attached hydrogens (tertiary/aromatic N) is 3. The molecule has 4 rings (SSSR count). The number of amides is 1. The molecule has 2 aliphatic rings. The van der Waals surface area contributed by atoms with Crippen LogP contribution in [0.3, 0.4) is 0 Å². The second-order valence-corrected chi connectivity index (χ2v) is 8.96. The first-order chi connectivity index (χ1) is 17.0. The number of hydrogen-bond donors (Lipinski definition) is 1. The second kappa shape index (κ2) is 11.7. The molecule has 3 heterocycles. The highest BCUT2D eigenvalue weighted by molar-refractivity contribution is 5.91. The molecule has 0 spiro atoms. The highest BCUT2D eigenvalue weighted by atomic mass is 16.7. The molecule has 1 saturated heterocycles. The zero-order chi connectivity index (χ0) is 24.8. The molecule has 0 bridgehead atoms. The van der Waals surface area contributed by atoms with Gasteiger partial charge >= 0.3 is 0 Å². The monoisotopic (exact) mass is 485 g/mol. The van der Waals surface area contributed by atoms with Crippen LogP contribution in [-0.2, 0) is 26.1 Å². The Kier molecular flexibility index (Phi) is 8.43. The number of benzene rings is 1. The predicted molar refractivity (Wildman–Crippen MR) is 130 cm³/mol. The number of piperidine rings is 1. The minimum absolute atomic E-state index is 0.0554. The van der Waals surface area contributed by atoms with Crippen molar-refractivity contribution >= 4 is 5.91 Å². The number of aliphatic hydroxyl groups is 1. The van der Waals surface area contributed by atoms with Crippen LogP contribution >= 0.6 is 0 Å². The molecule has 2 aromatic rings. The fourth-order valence-corrected chi connectivity index (χ4v) is 4.79. The highest BCUT2D eigenvalue weighted by Gasteiger charge is 2.34. The number of allylic oxidation sites excluding steroid dienone is 1. The summed E-state index contributed by atoms with van der Waals surface area (Å²) in [6, 6.07) is 9.51. The molecule has 2 atom stereocenters. The van der Waals surface area contributed by atoms with E-state index < -0.39 is 6.29 Å². The number of carbonyl (C=O) groups is 1. The van der Waals surface area contributed by atoms with Crippen LogP contribution in [0, 0.1) is 6.92 Å². The van der Waals surface area contributed by atoms with Crippen LogP contribution < -0.4 is 5.56 Å². The Morgan fingerprint density at radius 3 is 2.57 bits per heavy atom. The Labute approximate surface area is 205 Å². The van der Waals surface area contributed by atoms with Crippen molar-refractivity contribution in [2.24, 2.45) is 7.05 Å². The quantitative estimate of drug-likeness (QED) is 0.548. The average Bonchev–Trinajstić information content (AvgIpc) is 3.11. The predicted octanol–water partition coefficient (Wildman–Crippen LogP) is 2.24. The fourth-order valence-electron chi connectivity index (χ4n) is 4.79. The zero-order valence-corrected chi connectivity index (χ0v) is 20.5. The third-order valence-corrected chi connectivity index (χ3v) is 6.65. The largest absolute Gasteiger partial charge is 0.459 e. The van der Waals surface area contributed by atoms with Gasteiger partial charge in [0.25, 0.3) is 11.5 Å². The molecule has 1 aromatic heterocycles. The Balaban J connectivity index is 1.63. The van der Waals surface area contributed by atoms with Crippen molar-refractivity contribution in [2.75, 3.05) is 39.5 Å². The lowest BCUT2D eigenvalue weighted by atomic mass is 9.93. The fraction of sp³-hybridized carbons (Fsp3) is 0.538. The van der Waals surface area contributed by atoms with Gasteiger partial charge in [-0.2, -0.15) is 0 Å². The molecular weight excluding hydrogens is 450 g/mol. The number of aliphatic hydroxyl groups excluding tert-OH is 1. The Bertz CT molecular complexity index is 1080. The molecule has 0 saturated carbocycles. The van der Waals surface area contributed by atoms with Crippen molar-refractivity contribution in [1.29, 1.82) is 0 Å². The molecular formula is C26H35N3O6. The number of rotatable bonds is 9. The standard InChI is InChI=1S/C26H35N3O6/c1-19-24(26(32)29(27(19)2)21-9-5-3-6-10-21)20-17-22(25(31)28-11-7-4-8-12-28)35-23(18-20)34-16-15-33-14-13-30/h3,5-6,9-10,17,20,23,30H,4,7-8,11-16,18H2,1-2H3/t20-,23+/m0/s1. The molecule has 1 amide bonds. The molecule has 9 heteroatoms. The SMILES string of the molecule is Cc1c([C@H]2C=C(C(=O)N3CCCCC3)O[C@@H](OCCOCCO)C2)c(=O)n(-c2ccccc2)n1C. The third-order valence-electron chi connectivity index (χ3n) is 6.65. The van der Waals surface area contributed by atoms with E-state index in [0.717, 1.165) is 30.6 Å². The van der Waals surface area contributed by atoms with Crippen molar-refractivity contribution < 1.29 is 24.1 Å². The lowest BCUT2D eigenvalue weighted by Gasteiger charge is -2.32. The van der Waals surface area contributed by atoms with E-state index in [-0.39, 0.29) is 43.0 Å². The van der Waals surface area contributed by atoms with Gasteiger partial charge in [-0.15, -0.1) is 0 Å². The number of para-hydroxylation sites is 1. The van der Waals surface area contributed by atoms with Gasteiger partial charge in [-0.25, -0.2) is 4.68 Å². The first kappa shape index (κ1) is 25.2. The van der Waals surface area contributed by atoms with Gasteiger partial charge in [0, 0.05) is 43.7 Å². The van der Waals surface area contributed by atoms with Crippen LogP contribution in [0.2, 0.25) is 0 Å². The van der Waals surface area contributed by atoms with Gasteiger partial charge in [0.2, 0.25) is 6.29 Å². The molecule has 1 fully saturated rings. The van der Waals surface area contributed by atoms with Crippen LogP contribution in [0.25, 0.3) is 5.69 Å². The summed E-state index contributed by atoms with van der Waals surface area (Å²) in [4.78, 5) is 28.7. The number of hydrogen-bond acceptors (Lipinski definition) is 6. The van der Waals surface area contributed by atoms with E-state index in [1.54, 1.807) is 10.8 Å². The molecule has 190 valence electrons. The first-order valence-electron chi connectivity index (χ1n) is 12.3. The molecule has 1 aromatic carbocycles. The number of likely N-dealkylation sites (tertiary alicyclic amines) is 1. The summed E-state index contributed by atoms with van der Waals surface area (Å²) in [6.45, 7) is 4.06. The Morgan fingerprint density at radius 1 is 1.11 bits per heavy atom. The van der Waals surface area contributed by atoms with E-state index >= 15 is 0 Å². The van der Waals surface area contributed by atoms with E-state index in [1.807, 2.05) is 53.9 Å². The maximum atomic E-state index is 13.6. The summed E-state index contributed by atoms with van der Waals surface area (Å²) in [6.07, 6.45) is 4.59. The van der Waals surface area contributed by atoms with Crippen LogP contribution in [0.15, 0.2) is 47.0 Å². The molecule has 9 nitrogen and oxygen atoms in total. The number of carbonyl (C=O) groups excluding carboxylic acids is 1. The minimum atomic E-state index is -0.685. The number of ether oxygens (including phenoxy) is 3. The molecule has 1 N–H and O–H groups in total. The van der Waals surface area contributed by atoms with Crippen LogP contribution in [0.5, 0.6) is 0 Å². The van der Waals surface area contributed by atoms with Gasteiger partial charge in [-0.3, -0.25) is 14.3 Å². The topological polar surface area (TPSA) is 95.2 Å². The summed E-state index contributed by atoms with van der Waals surface area (Å²) in [5, 5.41) is 8.88. The number of aromatic nitrogens is 2. The summed E-state index contributed by atoms with van der Waals surface area (Å²) >= 11 is 0. The van der Waals surface area contributed by atoms with Crippen molar-refractivity contribution in [3.05, 3.63) is 63.8 Å². The van der Waals surface area contributed by atoms with Gasteiger partial charge < -0.3 is 24.2 Å². The van der Waals surface area contributed by atoms with Crippen molar-refractivity contribution in [2.45, 2.75) is 44.8 Å². The van der Waals surface area contributed by atoms with Gasteiger partial charge in [-0.1, -0.05) is 18.2 Å². The summed E-state index contributed by atoms with van der Waals surface area (Å²) in [5.41, 5.74) is 2.13. The second-order valence-electron chi connectivity index (χ2n) is 8.96. The highest BCUT2D eigenvalue weighted by Crippen LogP contribution is 2.33. The maximum absolute atomic E-state index is 13.6. The van der Waals surface area contributed by atoms with Crippen LogP contribution in [0.1, 0.15) is 42.9 Å². The van der Waals surface area contributed by atoms with Gasteiger partial charge in [0.15, 0.2) is 5.76 Å². The molecule has 0 radical (unpaired) electrons. The summed E-state index contributed by atoms with van der Waals surface area (Å²) in [5.74, 6) is -0.255. The van der Waals surface area contributed by atoms with E-state index in [1.165, 1.54) is 0 Å². The zero-order valence-electron chi connectivity index (χ0n) is 20.5. The normalized spacial score (nSPS) is 20.4. The van der Waals surface area contributed by atoms with Crippen LogP contribution in [-0.4, -0.2) is 71.1 Å². The Hall–Kier alpha value is -2.88. The average molecular weight is 486 g/mol. The maximum Gasteiger partial charge on any atom is 0.288 e. The van der Waals surface area contributed by atoms with Gasteiger partial charge in [0.05, 0.1) is 32.1 Å². The van der Waals surface area contributed by atoms with Crippen molar-refractivity contribution in [3.8, 4) is 5.69 Å². The molecule has 0 aliphatic carbocycles. The van der Waals surface area contributed by atoms with E-state index in [9.17, 15) is 9.59 Å². The van der Waals surface area contributed by atoms with Crippen molar-refractivity contribution in [3.63, 3.8) is 0 Å². The van der Waals surface area contributed by atoms with Gasteiger partial charge in [0.1, 0.15) is 0 Å². The van der Waals surface area contributed by atoms with E-state index in [0.29, 0.717) is 31.7 Å². The van der Waals surface area contributed by atoms with E-state index in [4.69, 9.17) is 19.3 Å². The van der Waals surface area contributed by atoms with Crippen molar-refractivity contribution in [1.82, 2.24) is 14.3 Å². The lowest BCUT2D eigenvalue weighted by Crippen LogP contribution is -2.39. The smallest absolute Gasteiger partial charge is 0.288 e. The van der Waals surface area contributed by atoms with E-state index in [2.05, 4.69) is 0 Å². The lowest BCUT2D eigenvalue weighted by molar-refractivity contribution is -0.157. The molecule has 0 unspecified atom stereocenters. The third kappa shape index (κ3) is 5.69. The van der Waals surface area contributed by atoms with Crippen LogP contribution in [0.4, 0.5) is 0 Å². The molecule has 35 heavy (non-hydrogen) atoms. The summed E-state index contributed by atoms with van der Waals surface area (Å²) < 4.78 is 20.7. The first-order valence-corrected chi connectivity index (χ1v) is 12.3. The summed E-state index contributed by atoms with van der Waals surface area (Å²) in [7, 11) is 1.86.